The van der Waals surface area contributed by atoms with Crippen LogP contribution in [0.2, 0.25) is 0 Å². The Morgan fingerprint density at radius 3 is 2.67 bits per heavy atom. The standard InChI is InChI=1S/C16H22N2O3/c1-3-4-14(17-13-7-5-12(2)6-8-13)11-15(19)18-9-10-21-16(18)20/h5-8,14,17H,3-4,9-11H2,1-2H3. The van der Waals surface area contributed by atoms with Crippen LogP contribution < -0.4 is 5.32 Å². The molecule has 1 atom stereocenters. The fourth-order valence-electron chi connectivity index (χ4n) is 2.40. The van der Waals surface area contributed by atoms with E-state index in [0.717, 1.165) is 18.5 Å². The van der Waals surface area contributed by atoms with Gasteiger partial charge in [-0.1, -0.05) is 31.0 Å². The van der Waals surface area contributed by atoms with E-state index in [0.29, 0.717) is 19.6 Å². The third-order valence-electron chi connectivity index (χ3n) is 3.54. The first-order chi connectivity index (χ1) is 10.1. The number of aryl methyl sites for hydroxylation is 1. The number of nitrogens with one attached hydrogen (secondary N) is 1. The van der Waals surface area contributed by atoms with Gasteiger partial charge >= 0.3 is 6.09 Å². The van der Waals surface area contributed by atoms with Crippen molar-refractivity contribution in [2.24, 2.45) is 0 Å². The summed E-state index contributed by atoms with van der Waals surface area (Å²) >= 11 is 0. The average Bonchev–Trinajstić information content (AvgIpc) is 2.88. The topological polar surface area (TPSA) is 58.6 Å². The lowest BCUT2D eigenvalue weighted by atomic mass is 10.1. The molecule has 1 unspecified atom stereocenters. The molecular weight excluding hydrogens is 268 g/mol. The molecule has 0 saturated carbocycles. The number of carbonyl (C=O) groups excluding carboxylic acids is 2. The Balaban J connectivity index is 1.96. The predicted molar refractivity (Wildman–Crippen MR) is 81.2 cm³/mol. The molecule has 2 amide bonds. The predicted octanol–water partition coefficient (Wildman–Crippen LogP) is 2.94. The molecule has 21 heavy (non-hydrogen) atoms. The van der Waals surface area contributed by atoms with Gasteiger partial charge < -0.3 is 10.1 Å². The van der Waals surface area contributed by atoms with Gasteiger partial charge in [-0.25, -0.2) is 9.69 Å². The molecule has 1 aliphatic rings. The number of hydrogen-bond donors (Lipinski definition) is 1. The third kappa shape index (κ3) is 4.21. The number of amides is 2. The summed E-state index contributed by atoms with van der Waals surface area (Å²) in [5.41, 5.74) is 2.19. The van der Waals surface area contributed by atoms with Crippen molar-refractivity contribution in [2.45, 2.75) is 39.2 Å². The molecule has 1 fully saturated rings. The maximum absolute atomic E-state index is 12.2. The number of anilines is 1. The number of hydrogen-bond acceptors (Lipinski definition) is 4. The lowest BCUT2D eigenvalue weighted by Gasteiger charge is -2.21. The van der Waals surface area contributed by atoms with Crippen LogP contribution in [0.5, 0.6) is 0 Å². The van der Waals surface area contributed by atoms with E-state index in [1.54, 1.807) is 0 Å². The Morgan fingerprint density at radius 1 is 1.38 bits per heavy atom. The number of carbonyl (C=O) groups is 2. The highest BCUT2D eigenvalue weighted by Gasteiger charge is 2.29. The van der Waals surface area contributed by atoms with Crippen molar-refractivity contribution in [3.8, 4) is 0 Å². The molecule has 2 rings (SSSR count). The normalized spacial score (nSPS) is 15.7. The number of rotatable bonds is 6. The van der Waals surface area contributed by atoms with Gasteiger partial charge in [0.05, 0.1) is 6.54 Å². The molecule has 1 aromatic carbocycles. The maximum atomic E-state index is 12.2. The molecule has 5 nitrogen and oxygen atoms in total. The minimum absolute atomic E-state index is 0.0265. The fraction of sp³-hybridized carbons (Fsp3) is 0.500. The van der Waals surface area contributed by atoms with Crippen LogP contribution in [-0.4, -0.2) is 36.1 Å². The van der Waals surface area contributed by atoms with E-state index in [1.807, 2.05) is 31.2 Å². The van der Waals surface area contributed by atoms with Crippen LogP contribution in [0.15, 0.2) is 24.3 Å². The zero-order valence-corrected chi connectivity index (χ0v) is 12.6. The smallest absolute Gasteiger partial charge is 0.416 e. The summed E-state index contributed by atoms with van der Waals surface area (Å²) in [6, 6.07) is 8.11. The van der Waals surface area contributed by atoms with Gasteiger partial charge in [0, 0.05) is 18.2 Å². The Labute approximate surface area is 125 Å². The number of nitrogens with zero attached hydrogens (tertiary/aromatic N) is 1. The molecule has 0 radical (unpaired) electrons. The fourth-order valence-corrected chi connectivity index (χ4v) is 2.40. The molecular formula is C16H22N2O3. The lowest BCUT2D eigenvalue weighted by molar-refractivity contribution is -0.128. The number of cyclic esters (lactones) is 1. The molecule has 5 heteroatoms. The Hall–Kier alpha value is -2.04. The minimum atomic E-state index is -0.523. The van der Waals surface area contributed by atoms with Gasteiger partial charge in [-0.2, -0.15) is 0 Å². The number of ether oxygens (including phenoxy) is 1. The van der Waals surface area contributed by atoms with Crippen molar-refractivity contribution < 1.29 is 14.3 Å². The van der Waals surface area contributed by atoms with Crippen molar-refractivity contribution in [2.75, 3.05) is 18.5 Å². The second-order valence-corrected chi connectivity index (χ2v) is 5.36. The van der Waals surface area contributed by atoms with Crippen LogP contribution in [0.4, 0.5) is 10.5 Å². The van der Waals surface area contributed by atoms with E-state index < -0.39 is 6.09 Å². The van der Waals surface area contributed by atoms with Crippen molar-refractivity contribution in [1.82, 2.24) is 4.90 Å². The largest absolute Gasteiger partial charge is 0.447 e. The highest BCUT2D eigenvalue weighted by Crippen LogP contribution is 2.16. The van der Waals surface area contributed by atoms with Crippen molar-refractivity contribution in [3.05, 3.63) is 29.8 Å². The highest BCUT2D eigenvalue weighted by atomic mass is 16.6. The lowest BCUT2D eigenvalue weighted by Crippen LogP contribution is -2.36. The molecule has 0 aliphatic carbocycles. The van der Waals surface area contributed by atoms with Crippen LogP contribution in [-0.2, 0) is 9.53 Å². The Morgan fingerprint density at radius 2 is 2.10 bits per heavy atom. The quantitative estimate of drug-likeness (QED) is 0.875. The summed E-state index contributed by atoms with van der Waals surface area (Å²) in [7, 11) is 0. The summed E-state index contributed by atoms with van der Waals surface area (Å²) in [6.07, 6.45) is 1.63. The Bertz CT molecular complexity index is 499. The second kappa shape index (κ2) is 7.11. The summed E-state index contributed by atoms with van der Waals surface area (Å²) in [4.78, 5) is 24.8. The van der Waals surface area contributed by atoms with Gasteiger partial charge in [0.15, 0.2) is 0 Å². The molecule has 0 bridgehead atoms. The third-order valence-corrected chi connectivity index (χ3v) is 3.54. The molecule has 1 N–H and O–H groups in total. The van der Waals surface area contributed by atoms with Crippen molar-refractivity contribution in [3.63, 3.8) is 0 Å². The summed E-state index contributed by atoms with van der Waals surface area (Å²) in [5, 5.41) is 3.38. The summed E-state index contributed by atoms with van der Waals surface area (Å²) < 4.78 is 4.81. The Kier molecular flexibility index (Phi) is 5.20. The average molecular weight is 290 g/mol. The first-order valence-electron chi connectivity index (χ1n) is 7.40. The zero-order valence-electron chi connectivity index (χ0n) is 12.6. The van der Waals surface area contributed by atoms with Gasteiger partial charge in [0.2, 0.25) is 5.91 Å². The first-order valence-corrected chi connectivity index (χ1v) is 7.40. The van der Waals surface area contributed by atoms with Crippen LogP contribution in [0.1, 0.15) is 31.7 Å². The van der Waals surface area contributed by atoms with E-state index >= 15 is 0 Å². The van der Waals surface area contributed by atoms with E-state index in [9.17, 15) is 9.59 Å². The molecule has 1 heterocycles. The van der Waals surface area contributed by atoms with E-state index in [-0.39, 0.29) is 11.9 Å². The maximum Gasteiger partial charge on any atom is 0.416 e. The molecule has 1 aliphatic heterocycles. The van der Waals surface area contributed by atoms with E-state index in [1.165, 1.54) is 10.5 Å². The summed E-state index contributed by atoms with van der Waals surface area (Å²) in [6.45, 7) is 4.78. The molecule has 0 aromatic heterocycles. The molecule has 114 valence electrons. The van der Waals surface area contributed by atoms with Gasteiger partial charge in [0.1, 0.15) is 6.61 Å². The molecule has 1 saturated heterocycles. The van der Waals surface area contributed by atoms with Gasteiger partial charge in [-0.15, -0.1) is 0 Å². The van der Waals surface area contributed by atoms with Crippen LogP contribution in [0.25, 0.3) is 0 Å². The summed E-state index contributed by atoms with van der Waals surface area (Å²) in [5.74, 6) is -0.171. The van der Waals surface area contributed by atoms with Gasteiger partial charge in [-0.05, 0) is 25.5 Å². The van der Waals surface area contributed by atoms with Gasteiger partial charge in [0.25, 0.3) is 0 Å². The highest BCUT2D eigenvalue weighted by molar-refractivity contribution is 5.93. The zero-order chi connectivity index (χ0) is 15.2. The van der Waals surface area contributed by atoms with Crippen molar-refractivity contribution in [1.29, 1.82) is 0 Å². The molecule has 1 aromatic rings. The first kappa shape index (κ1) is 15.4. The van der Waals surface area contributed by atoms with Crippen LogP contribution in [0.3, 0.4) is 0 Å². The van der Waals surface area contributed by atoms with E-state index in [4.69, 9.17) is 4.74 Å². The number of benzene rings is 1. The van der Waals surface area contributed by atoms with Crippen LogP contribution in [0, 0.1) is 6.92 Å². The van der Waals surface area contributed by atoms with Crippen molar-refractivity contribution >= 4 is 17.7 Å². The second-order valence-electron chi connectivity index (χ2n) is 5.36. The van der Waals surface area contributed by atoms with Gasteiger partial charge in [-0.3, -0.25) is 4.79 Å². The number of imide groups is 1. The van der Waals surface area contributed by atoms with Crippen LogP contribution >= 0.6 is 0 Å². The SMILES string of the molecule is CCCC(CC(=O)N1CCOC1=O)Nc1ccc(C)cc1. The molecule has 0 spiro atoms. The monoisotopic (exact) mass is 290 g/mol. The van der Waals surface area contributed by atoms with E-state index in [2.05, 4.69) is 12.2 Å². The minimum Gasteiger partial charge on any atom is -0.447 e.